The molecule has 100 valence electrons. The first-order chi connectivity index (χ1) is 8.75. The Kier molecular flexibility index (Phi) is 5.01. The van der Waals surface area contributed by atoms with Gasteiger partial charge in [-0.15, -0.1) is 0 Å². The first-order valence-corrected chi connectivity index (χ1v) is 7.79. The van der Waals surface area contributed by atoms with Crippen LogP contribution < -0.4 is 10.5 Å². The number of hydrogen-bond donors (Lipinski definition) is 1. The molecule has 1 aliphatic heterocycles. The van der Waals surface area contributed by atoms with Crippen molar-refractivity contribution in [1.82, 2.24) is 4.90 Å². The van der Waals surface area contributed by atoms with E-state index in [0.29, 0.717) is 12.3 Å². The Morgan fingerprint density at radius 1 is 1.28 bits per heavy atom. The topological polar surface area (TPSA) is 55.6 Å². The lowest BCUT2D eigenvalue weighted by Crippen LogP contribution is -2.38. The summed E-state index contributed by atoms with van der Waals surface area (Å²) in [6.07, 6.45) is 0.973. The summed E-state index contributed by atoms with van der Waals surface area (Å²) in [6.45, 7) is 3.57. The highest BCUT2D eigenvalue weighted by Crippen LogP contribution is 2.19. The minimum Gasteiger partial charge on any atom is -0.491 e. The maximum Gasteiger partial charge on any atom is 0.142 e. The van der Waals surface area contributed by atoms with Gasteiger partial charge in [-0.2, -0.15) is 0 Å². The van der Waals surface area contributed by atoms with Gasteiger partial charge in [-0.05, 0) is 18.6 Å². The molecular formula is C13H20N2O2S. The summed E-state index contributed by atoms with van der Waals surface area (Å²) in [7, 11) is -0.590. The Bertz CT molecular complexity index is 402. The maximum atomic E-state index is 11.2. The summed E-state index contributed by atoms with van der Waals surface area (Å²) in [5.74, 6) is 2.39. The quantitative estimate of drug-likeness (QED) is 0.642. The number of nitrogens with zero attached hydrogens (tertiary/aromatic N) is 1. The number of anilines is 1. The second-order valence-corrected chi connectivity index (χ2v) is 6.13. The number of nitrogen functional groups attached to an aromatic ring is 1. The normalized spacial score (nSPS) is 17.8. The number of nitrogens with two attached hydrogens (primary N) is 1. The summed E-state index contributed by atoms with van der Waals surface area (Å²) in [4.78, 5) is 2.35. The number of ether oxygens (including phenoxy) is 1. The Labute approximate surface area is 111 Å². The fraction of sp³-hybridized carbons (Fsp3) is 0.538. The molecule has 0 unspecified atom stereocenters. The molecule has 0 aromatic heterocycles. The largest absolute Gasteiger partial charge is 0.491 e. The van der Waals surface area contributed by atoms with Gasteiger partial charge in [-0.25, -0.2) is 0 Å². The first-order valence-electron chi connectivity index (χ1n) is 6.30. The fourth-order valence-corrected chi connectivity index (χ4v) is 3.11. The van der Waals surface area contributed by atoms with Crippen LogP contribution in [0.4, 0.5) is 5.69 Å². The van der Waals surface area contributed by atoms with Gasteiger partial charge in [0.25, 0.3) is 0 Å². The number of para-hydroxylation sites is 2. The summed E-state index contributed by atoms with van der Waals surface area (Å²) in [5.41, 5.74) is 6.48. The Balaban J connectivity index is 1.64. The van der Waals surface area contributed by atoms with E-state index in [1.807, 2.05) is 24.3 Å². The smallest absolute Gasteiger partial charge is 0.142 e. The zero-order valence-corrected chi connectivity index (χ0v) is 11.3. The van der Waals surface area contributed by atoms with E-state index in [-0.39, 0.29) is 0 Å². The Hall–Kier alpha value is -1.07. The lowest BCUT2D eigenvalue weighted by atomic mass is 10.3. The van der Waals surface area contributed by atoms with Crippen LogP contribution in [0.25, 0.3) is 0 Å². The number of benzene rings is 1. The van der Waals surface area contributed by atoms with Crippen molar-refractivity contribution in [3.8, 4) is 5.75 Å². The zero-order valence-electron chi connectivity index (χ0n) is 10.5. The van der Waals surface area contributed by atoms with Crippen LogP contribution in [-0.4, -0.2) is 46.9 Å². The first kappa shape index (κ1) is 13.4. The third-order valence-corrected chi connectivity index (χ3v) is 4.34. The molecule has 0 amide bonds. The Morgan fingerprint density at radius 3 is 2.72 bits per heavy atom. The van der Waals surface area contributed by atoms with E-state index >= 15 is 0 Å². The molecule has 0 bridgehead atoms. The van der Waals surface area contributed by atoms with Crippen LogP contribution in [-0.2, 0) is 10.8 Å². The summed E-state index contributed by atoms with van der Waals surface area (Å²) >= 11 is 0. The summed E-state index contributed by atoms with van der Waals surface area (Å²) in [6, 6.07) is 7.55. The van der Waals surface area contributed by atoms with E-state index in [2.05, 4.69) is 4.90 Å². The molecule has 1 heterocycles. The van der Waals surface area contributed by atoms with Gasteiger partial charge in [0, 0.05) is 41.9 Å². The van der Waals surface area contributed by atoms with Gasteiger partial charge in [-0.3, -0.25) is 4.21 Å². The predicted octanol–water partition coefficient (Wildman–Crippen LogP) is 1.10. The average molecular weight is 268 g/mol. The predicted molar refractivity (Wildman–Crippen MR) is 75.3 cm³/mol. The molecule has 18 heavy (non-hydrogen) atoms. The van der Waals surface area contributed by atoms with Crippen molar-refractivity contribution in [2.75, 3.05) is 43.5 Å². The van der Waals surface area contributed by atoms with Gasteiger partial charge in [-0.1, -0.05) is 12.1 Å². The number of hydrogen-bond acceptors (Lipinski definition) is 4. The van der Waals surface area contributed by atoms with Crippen LogP contribution in [0.5, 0.6) is 5.75 Å². The van der Waals surface area contributed by atoms with Crippen molar-refractivity contribution in [2.45, 2.75) is 6.42 Å². The average Bonchev–Trinajstić information content (AvgIpc) is 2.39. The molecule has 2 N–H and O–H groups in total. The van der Waals surface area contributed by atoms with E-state index in [4.69, 9.17) is 10.5 Å². The molecule has 1 saturated heterocycles. The van der Waals surface area contributed by atoms with Crippen molar-refractivity contribution < 1.29 is 8.95 Å². The van der Waals surface area contributed by atoms with Crippen molar-refractivity contribution in [2.24, 2.45) is 0 Å². The molecular weight excluding hydrogens is 248 g/mol. The van der Waals surface area contributed by atoms with E-state index in [1.54, 1.807) is 0 Å². The molecule has 0 aliphatic carbocycles. The second-order valence-electron chi connectivity index (χ2n) is 4.43. The highest BCUT2D eigenvalue weighted by atomic mass is 32.2. The molecule has 0 radical (unpaired) electrons. The lowest BCUT2D eigenvalue weighted by Gasteiger charge is -2.25. The second kappa shape index (κ2) is 6.75. The fourth-order valence-electron chi connectivity index (χ4n) is 1.98. The molecule has 1 fully saturated rings. The van der Waals surface area contributed by atoms with Crippen molar-refractivity contribution in [3.05, 3.63) is 24.3 Å². The minimum absolute atomic E-state index is 0.590. The third kappa shape index (κ3) is 3.99. The zero-order chi connectivity index (χ0) is 12.8. The standard InChI is InChI=1S/C13H20N2O2S/c14-12-4-1-2-5-13(12)17-9-3-6-15-7-10-18(16)11-8-15/h1-2,4-5H,3,6-11,14H2. The van der Waals surface area contributed by atoms with Gasteiger partial charge in [0.1, 0.15) is 5.75 Å². The van der Waals surface area contributed by atoms with Crippen LogP contribution in [0.15, 0.2) is 24.3 Å². The van der Waals surface area contributed by atoms with Crippen LogP contribution in [0.1, 0.15) is 6.42 Å². The summed E-state index contributed by atoms with van der Waals surface area (Å²) < 4.78 is 16.8. The lowest BCUT2D eigenvalue weighted by molar-refractivity contribution is 0.248. The van der Waals surface area contributed by atoms with Gasteiger partial charge in [0.2, 0.25) is 0 Å². The van der Waals surface area contributed by atoms with Crippen molar-refractivity contribution in [1.29, 1.82) is 0 Å². The van der Waals surface area contributed by atoms with E-state index in [0.717, 1.165) is 43.3 Å². The van der Waals surface area contributed by atoms with Gasteiger partial charge >= 0.3 is 0 Å². The van der Waals surface area contributed by atoms with E-state index in [1.165, 1.54) is 0 Å². The van der Waals surface area contributed by atoms with Crippen LogP contribution in [0, 0.1) is 0 Å². The van der Waals surface area contributed by atoms with Crippen LogP contribution >= 0.6 is 0 Å². The van der Waals surface area contributed by atoms with Crippen molar-refractivity contribution >= 4 is 16.5 Å². The SMILES string of the molecule is Nc1ccccc1OCCCN1CCS(=O)CC1. The molecule has 0 spiro atoms. The molecule has 4 nitrogen and oxygen atoms in total. The molecule has 5 heteroatoms. The third-order valence-electron chi connectivity index (χ3n) is 3.07. The highest BCUT2D eigenvalue weighted by Gasteiger charge is 2.14. The highest BCUT2D eigenvalue weighted by molar-refractivity contribution is 7.85. The van der Waals surface area contributed by atoms with E-state index in [9.17, 15) is 4.21 Å². The van der Waals surface area contributed by atoms with Gasteiger partial charge in [0.15, 0.2) is 0 Å². The van der Waals surface area contributed by atoms with E-state index < -0.39 is 10.8 Å². The Morgan fingerprint density at radius 2 is 2.00 bits per heavy atom. The summed E-state index contributed by atoms with van der Waals surface area (Å²) in [5, 5.41) is 0. The molecule has 0 atom stereocenters. The molecule has 0 saturated carbocycles. The minimum atomic E-state index is -0.590. The van der Waals surface area contributed by atoms with Gasteiger partial charge < -0.3 is 15.4 Å². The monoisotopic (exact) mass is 268 g/mol. The number of rotatable bonds is 5. The maximum absolute atomic E-state index is 11.2. The molecule has 2 rings (SSSR count). The van der Waals surface area contributed by atoms with Gasteiger partial charge in [0.05, 0.1) is 12.3 Å². The molecule has 1 aromatic carbocycles. The molecule has 1 aliphatic rings. The van der Waals surface area contributed by atoms with Crippen LogP contribution in [0.3, 0.4) is 0 Å². The van der Waals surface area contributed by atoms with Crippen LogP contribution in [0.2, 0.25) is 0 Å². The molecule has 1 aromatic rings. The van der Waals surface area contributed by atoms with Crippen molar-refractivity contribution in [3.63, 3.8) is 0 Å².